The summed E-state index contributed by atoms with van der Waals surface area (Å²) in [4.78, 5) is 20.8. The summed E-state index contributed by atoms with van der Waals surface area (Å²) in [6, 6.07) is 0. The van der Waals surface area contributed by atoms with E-state index in [1.165, 1.54) is 13.8 Å². The number of carboxylic acids is 2. The molecule has 0 aromatic carbocycles. The summed E-state index contributed by atoms with van der Waals surface area (Å²) in [6.07, 6.45) is 0. The molecule has 0 aromatic heterocycles. The Labute approximate surface area is 87.8 Å². The molecule has 7 heteroatoms. The maximum atomic E-state index is 11.3. The van der Waals surface area contributed by atoms with Crippen LogP contribution in [0.4, 0.5) is 0 Å². The second kappa shape index (κ2) is 5.11. The van der Waals surface area contributed by atoms with E-state index in [-0.39, 0.29) is 0 Å². The number of sulfone groups is 1. The van der Waals surface area contributed by atoms with Gasteiger partial charge in [0.05, 0.1) is 23.3 Å². The van der Waals surface area contributed by atoms with Crippen LogP contribution in [0, 0.1) is 11.8 Å². The zero-order chi connectivity index (χ0) is 12.2. The fourth-order valence-electron chi connectivity index (χ4n) is 0.972. The van der Waals surface area contributed by atoms with E-state index in [0.717, 1.165) is 0 Å². The lowest BCUT2D eigenvalue weighted by molar-refractivity contribution is -0.141. The van der Waals surface area contributed by atoms with Crippen LogP contribution in [0.5, 0.6) is 0 Å². The summed E-state index contributed by atoms with van der Waals surface area (Å²) in [5.41, 5.74) is 0. The van der Waals surface area contributed by atoms with Gasteiger partial charge in [0.25, 0.3) is 0 Å². The highest BCUT2D eigenvalue weighted by atomic mass is 32.2. The second-order valence-corrected chi connectivity index (χ2v) is 5.71. The number of hydrogen-bond acceptors (Lipinski definition) is 4. The van der Waals surface area contributed by atoms with Crippen molar-refractivity contribution in [3.8, 4) is 0 Å². The van der Waals surface area contributed by atoms with Gasteiger partial charge in [0, 0.05) is 0 Å². The van der Waals surface area contributed by atoms with E-state index < -0.39 is 45.1 Å². The van der Waals surface area contributed by atoms with Crippen LogP contribution in [-0.2, 0) is 19.4 Å². The number of hydrogen-bond donors (Lipinski definition) is 2. The Hall–Kier alpha value is -1.11. The molecule has 0 amide bonds. The Bertz CT molecular complexity index is 316. The molecule has 0 spiro atoms. The smallest absolute Gasteiger partial charge is 0.307 e. The number of rotatable bonds is 6. The van der Waals surface area contributed by atoms with E-state index in [1.54, 1.807) is 0 Å². The van der Waals surface area contributed by atoms with Crippen molar-refractivity contribution in [3.63, 3.8) is 0 Å². The number of aliphatic carboxylic acids is 2. The Kier molecular flexibility index (Phi) is 4.73. The van der Waals surface area contributed by atoms with Gasteiger partial charge in [-0.05, 0) is 0 Å². The fourth-order valence-corrected chi connectivity index (χ4v) is 2.92. The third kappa shape index (κ3) is 5.36. The molecule has 0 aliphatic heterocycles. The molecule has 88 valence electrons. The molecule has 0 radical (unpaired) electrons. The molecule has 2 unspecified atom stereocenters. The maximum absolute atomic E-state index is 11.3. The summed E-state index contributed by atoms with van der Waals surface area (Å²) >= 11 is 0. The first-order valence-corrected chi connectivity index (χ1v) is 6.14. The molecule has 2 atom stereocenters. The molecule has 6 nitrogen and oxygen atoms in total. The minimum absolute atomic E-state index is 0.528. The van der Waals surface area contributed by atoms with Crippen LogP contribution in [0.2, 0.25) is 0 Å². The van der Waals surface area contributed by atoms with Crippen molar-refractivity contribution in [2.24, 2.45) is 11.8 Å². The van der Waals surface area contributed by atoms with E-state index in [0.29, 0.717) is 0 Å². The molecule has 0 heterocycles. The SMILES string of the molecule is CC(CS(=O)(=O)CC(C)C(=O)O)C(=O)O. The molecule has 0 bridgehead atoms. The minimum Gasteiger partial charge on any atom is -0.481 e. The number of carbonyl (C=O) groups is 2. The van der Waals surface area contributed by atoms with Crippen molar-refractivity contribution in [1.29, 1.82) is 0 Å². The van der Waals surface area contributed by atoms with Gasteiger partial charge in [-0.2, -0.15) is 0 Å². The van der Waals surface area contributed by atoms with Gasteiger partial charge in [-0.3, -0.25) is 9.59 Å². The third-order valence-corrected chi connectivity index (χ3v) is 3.87. The van der Waals surface area contributed by atoms with Crippen molar-refractivity contribution in [2.45, 2.75) is 13.8 Å². The molecular formula is C8H14O6S. The maximum Gasteiger partial charge on any atom is 0.307 e. The second-order valence-electron chi connectivity index (χ2n) is 3.56. The Morgan fingerprint density at radius 3 is 1.47 bits per heavy atom. The average molecular weight is 238 g/mol. The molecule has 15 heavy (non-hydrogen) atoms. The molecule has 2 N–H and O–H groups in total. The van der Waals surface area contributed by atoms with Gasteiger partial charge < -0.3 is 10.2 Å². The predicted molar refractivity (Wildman–Crippen MR) is 52.3 cm³/mol. The molecule has 0 rings (SSSR count). The molecule has 0 aliphatic rings. The van der Waals surface area contributed by atoms with E-state index >= 15 is 0 Å². The van der Waals surface area contributed by atoms with Crippen molar-refractivity contribution < 1.29 is 28.2 Å². The molecule has 0 saturated heterocycles. The molecule has 0 saturated carbocycles. The Balaban J connectivity index is 4.45. The largest absolute Gasteiger partial charge is 0.481 e. The van der Waals surface area contributed by atoms with Crippen LogP contribution in [0.3, 0.4) is 0 Å². The van der Waals surface area contributed by atoms with Gasteiger partial charge in [0.1, 0.15) is 0 Å². The van der Waals surface area contributed by atoms with Gasteiger partial charge in [-0.1, -0.05) is 13.8 Å². The lowest BCUT2D eigenvalue weighted by Crippen LogP contribution is -2.27. The number of carboxylic acid groups (broad SMARTS) is 2. The summed E-state index contributed by atoms with van der Waals surface area (Å²) in [7, 11) is -3.63. The van der Waals surface area contributed by atoms with Crippen LogP contribution in [0.15, 0.2) is 0 Å². The van der Waals surface area contributed by atoms with E-state index in [9.17, 15) is 18.0 Å². The lowest BCUT2D eigenvalue weighted by Gasteiger charge is -2.09. The van der Waals surface area contributed by atoms with E-state index in [4.69, 9.17) is 10.2 Å². The van der Waals surface area contributed by atoms with E-state index in [1.807, 2.05) is 0 Å². The van der Waals surface area contributed by atoms with Crippen molar-refractivity contribution in [2.75, 3.05) is 11.5 Å². The van der Waals surface area contributed by atoms with Crippen LogP contribution < -0.4 is 0 Å². The van der Waals surface area contributed by atoms with Gasteiger partial charge in [0.15, 0.2) is 9.84 Å². The van der Waals surface area contributed by atoms with Crippen LogP contribution in [-0.4, -0.2) is 42.1 Å². The van der Waals surface area contributed by atoms with Crippen molar-refractivity contribution >= 4 is 21.8 Å². The molecular weight excluding hydrogens is 224 g/mol. The monoisotopic (exact) mass is 238 g/mol. The summed E-state index contributed by atoms with van der Waals surface area (Å²) in [6.45, 7) is 2.54. The third-order valence-electron chi connectivity index (χ3n) is 1.85. The Morgan fingerprint density at radius 1 is 1.00 bits per heavy atom. The van der Waals surface area contributed by atoms with Crippen molar-refractivity contribution in [1.82, 2.24) is 0 Å². The quantitative estimate of drug-likeness (QED) is 0.665. The minimum atomic E-state index is -3.63. The summed E-state index contributed by atoms with van der Waals surface area (Å²) < 4.78 is 22.7. The highest BCUT2D eigenvalue weighted by molar-refractivity contribution is 7.91. The summed E-state index contributed by atoms with van der Waals surface area (Å²) in [5, 5.41) is 17.0. The van der Waals surface area contributed by atoms with Gasteiger partial charge in [0.2, 0.25) is 0 Å². The van der Waals surface area contributed by atoms with Crippen LogP contribution in [0.1, 0.15) is 13.8 Å². The van der Waals surface area contributed by atoms with Crippen LogP contribution >= 0.6 is 0 Å². The first-order chi connectivity index (χ1) is 6.65. The van der Waals surface area contributed by atoms with Gasteiger partial charge in [-0.25, -0.2) is 8.42 Å². The highest BCUT2D eigenvalue weighted by Gasteiger charge is 2.25. The standard InChI is InChI=1S/C8H14O6S/c1-5(7(9)10)3-15(13,14)4-6(2)8(11)12/h5-6H,3-4H2,1-2H3,(H,9,10)(H,11,12). The van der Waals surface area contributed by atoms with E-state index in [2.05, 4.69) is 0 Å². The topological polar surface area (TPSA) is 109 Å². The normalized spacial score (nSPS) is 15.6. The molecule has 0 fully saturated rings. The zero-order valence-corrected chi connectivity index (χ0v) is 9.32. The average Bonchev–Trinajstić information content (AvgIpc) is 2.01. The first-order valence-electron chi connectivity index (χ1n) is 4.31. The summed E-state index contributed by atoms with van der Waals surface area (Å²) in [5.74, 6) is -5.50. The van der Waals surface area contributed by atoms with Crippen molar-refractivity contribution in [3.05, 3.63) is 0 Å². The predicted octanol–water partition coefficient (Wildman–Crippen LogP) is -0.157. The van der Waals surface area contributed by atoms with Crippen LogP contribution in [0.25, 0.3) is 0 Å². The molecule has 0 aromatic rings. The Morgan fingerprint density at radius 2 is 1.27 bits per heavy atom. The zero-order valence-electron chi connectivity index (χ0n) is 8.50. The highest BCUT2D eigenvalue weighted by Crippen LogP contribution is 2.07. The fraction of sp³-hybridized carbons (Fsp3) is 0.750. The van der Waals surface area contributed by atoms with Gasteiger partial charge in [-0.15, -0.1) is 0 Å². The van der Waals surface area contributed by atoms with Gasteiger partial charge >= 0.3 is 11.9 Å². The first kappa shape index (κ1) is 13.9. The lowest BCUT2D eigenvalue weighted by atomic mass is 10.2. The molecule has 0 aliphatic carbocycles.